The van der Waals surface area contributed by atoms with Gasteiger partial charge in [0.25, 0.3) is 0 Å². The van der Waals surface area contributed by atoms with E-state index in [1.165, 1.54) is 173 Å². The van der Waals surface area contributed by atoms with E-state index in [0.717, 1.165) is 32.1 Å². The maximum absolute atomic E-state index is 12.6. The van der Waals surface area contributed by atoms with E-state index >= 15 is 0 Å². The number of ether oxygens (including phenoxy) is 2. The van der Waals surface area contributed by atoms with Gasteiger partial charge in [0.2, 0.25) is 0 Å². The number of hydrogen-bond acceptors (Lipinski definition) is 8. The Morgan fingerprint density at radius 1 is 0.481 bits per heavy atom. The number of unbranched alkanes of at least 4 members (excludes halogenated alkanes) is 31. The highest BCUT2D eigenvalue weighted by Crippen LogP contribution is 2.43. The fourth-order valence-corrected chi connectivity index (χ4v) is 7.58. The van der Waals surface area contributed by atoms with E-state index in [9.17, 15) is 19.0 Å². The number of carbonyl (C=O) groups is 2. The molecule has 54 heavy (non-hydrogen) atoms. The highest BCUT2D eigenvalue weighted by Gasteiger charge is 2.26. The summed E-state index contributed by atoms with van der Waals surface area (Å²) in [5.41, 5.74) is 5.35. The van der Waals surface area contributed by atoms with E-state index < -0.39 is 26.5 Å². The van der Waals surface area contributed by atoms with Crippen molar-refractivity contribution in [1.82, 2.24) is 0 Å². The first-order chi connectivity index (χ1) is 26.3. The van der Waals surface area contributed by atoms with Gasteiger partial charge >= 0.3 is 19.8 Å². The van der Waals surface area contributed by atoms with Crippen LogP contribution in [0.1, 0.15) is 239 Å². The van der Waals surface area contributed by atoms with Crippen LogP contribution in [-0.4, -0.2) is 49.3 Å². The Bertz CT molecular complexity index is 860. The topological polar surface area (TPSA) is 134 Å². The van der Waals surface area contributed by atoms with Crippen LogP contribution < -0.4 is 5.73 Å². The maximum atomic E-state index is 12.6. The number of phosphoric acid groups is 1. The molecule has 0 fully saturated rings. The third-order valence-corrected chi connectivity index (χ3v) is 11.2. The molecular formula is C44H88NO8P. The summed E-state index contributed by atoms with van der Waals surface area (Å²) >= 11 is 0. The zero-order chi connectivity index (χ0) is 39.6. The van der Waals surface area contributed by atoms with Crippen molar-refractivity contribution in [2.45, 2.75) is 245 Å². The van der Waals surface area contributed by atoms with Crippen molar-refractivity contribution in [2.75, 3.05) is 26.4 Å². The highest BCUT2D eigenvalue weighted by atomic mass is 31.2. The van der Waals surface area contributed by atoms with E-state index in [4.69, 9.17) is 24.3 Å². The van der Waals surface area contributed by atoms with Gasteiger partial charge in [0.15, 0.2) is 6.10 Å². The molecule has 0 saturated carbocycles. The SMILES string of the molecule is CCCCCCCCCCCCCCCCCCCCC(=O)OCC(COP(=O)(O)OCCN)OC(=O)CCCCCCCCCCCCCCCCC. The molecule has 0 bridgehead atoms. The van der Waals surface area contributed by atoms with Crippen molar-refractivity contribution in [3.63, 3.8) is 0 Å². The molecule has 0 spiro atoms. The van der Waals surface area contributed by atoms with Crippen LogP contribution in [0.2, 0.25) is 0 Å². The lowest BCUT2D eigenvalue weighted by atomic mass is 10.0. The molecule has 0 rings (SSSR count). The number of hydrogen-bond donors (Lipinski definition) is 2. The lowest BCUT2D eigenvalue weighted by Gasteiger charge is -2.19. The Kier molecular flexibility index (Phi) is 40.9. The van der Waals surface area contributed by atoms with Crippen LogP contribution in [0.15, 0.2) is 0 Å². The lowest BCUT2D eigenvalue weighted by molar-refractivity contribution is -0.161. The number of carbonyl (C=O) groups excluding carboxylic acids is 2. The Labute approximate surface area is 333 Å². The molecular weight excluding hydrogens is 701 g/mol. The minimum absolute atomic E-state index is 0.0582. The molecule has 10 heteroatoms. The standard InChI is InChI=1S/C44H88NO8P/c1-3-5-7-9-11-13-15-17-19-20-21-23-24-26-28-30-32-34-36-43(46)50-40-42(41-52-54(48,49)51-39-38-45)53-44(47)37-35-33-31-29-27-25-22-18-16-14-12-10-8-6-4-2/h42H,3-41,45H2,1-2H3,(H,48,49). The van der Waals surface area contributed by atoms with E-state index in [2.05, 4.69) is 13.8 Å². The van der Waals surface area contributed by atoms with Gasteiger partial charge in [0.1, 0.15) is 6.61 Å². The summed E-state index contributed by atoms with van der Waals surface area (Å²) in [5.74, 6) is -0.810. The predicted molar refractivity (Wildman–Crippen MR) is 225 cm³/mol. The summed E-state index contributed by atoms with van der Waals surface area (Å²) in [6.45, 7) is 3.78. The Balaban J connectivity index is 4.05. The fourth-order valence-electron chi connectivity index (χ4n) is 6.81. The molecule has 0 aliphatic carbocycles. The molecule has 0 aliphatic rings. The Hall–Kier alpha value is -0.990. The maximum Gasteiger partial charge on any atom is 0.472 e. The van der Waals surface area contributed by atoms with E-state index in [-0.39, 0.29) is 38.6 Å². The molecule has 0 saturated heterocycles. The quantitative estimate of drug-likeness (QED) is 0.0351. The summed E-state index contributed by atoms with van der Waals surface area (Å²) in [5, 5.41) is 0. The first-order valence-electron chi connectivity index (χ1n) is 23.0. The van der Waals surface area contributed by atoms with E-state index in [1.54, 1.807) is 0 Å². The molecule has 9 nitrogen and oxygen atoms in total. The van der Waals surface area contributed by atoms with Gasteiger partial charge in [-0.15, -0.1) is 0 Å². The molecule has 2 atom stereocenters. The first-order valence-corrected chi connectivity index (χ1v) is 24.5. The molecule has 3 N–H and O–H groups in total. The Morgan fingerprint density at radius 3 is 1.13 bits per heavy atom. The minimum Gasteiger partial charge on any atom is -0.462 e. The number of esters is 2. The average Bonchev–Trinajstić information content (AvgIpc) is 3.16. The van der Waals surface area contributed by atoms with Gasteiger partial charge in [-0.2, -0.15) is 0 Å². The summed E-state index contributed by atoms with van der Waals surface area (Å²) in [7, 11) is -4.37. The van der Waals surface area contributed by atoms with Crippen molar-refractivity contribution < 1.29 is 37.6 Å². The summed E-state index contributed by atoms with van der Waals surface area (Å²) < 4.78 is 32.8. The molecule has 322 valence electrons. The van der Waals surface area contributed by atoms with Gasteiger partial charge in [0, 0.05) is 19.4 Å². The van der Waals surface area contributed by atoms with Gasteiger partial charge in [-0.3, -0.25) is 18.6 Å². The molecule has 2 unspecified atom stereocenters. The summed E-state index contributed by atoms with van der Waals surface area (Å²) in [4.78, 5) is 34.9. The second-order valence-electron chi connectivity index (χ2n) is 15.6. The zero-order valence-electron chi connectivity index (χ0n) is 35.5. The van der Waals surface area contributed by atoms with Gasteiger partial charge in [-0.25, -0.2) is 4.57 Å². The Morgan fingerprint density at radius 2 is 0.796 bits per heavy atom. The van der Waals surface area contributed by atoms with Crippen LogP contribution in [0.25, 0.3) is 0 Å². The molecule has 0 aromatic heterocycles. The van der Waals surface area contributed by atoms with Crippen LogP contribution in [0, 0.1) is 0 Å². The van der Waals surface area contributed by atoms with Crippen molar-refractivity contribution in [3.8, 4) is 0 Å². The minimum atomic E-state index is -4.37. The largest absolute Gasteiger partial charge is 0.472 e. The summed E-state index contributed by atoms with van der Waals surface area (Å²) in [6, 6.07) is 0. The van der Waals surface area contributed by atoms with Crippen molar-refractivity contribution in [3.05, 3.63) is 0 Å². The van der Waals surface area contributed by atoms with Gasteiger partial charge < -0.3 is 20.1 Å². The molecule has 0 aliphatic heterocycles. The summed E-state index contributed by atoms with van der Waals surface area (Å²) in [6.07, 6.45) is 41.3. The lowest BCUT2D eigenvalue weighted by Crippen LogP contribution is -2.29. The molecule has 0 heterocycles. The molecule has 0 aromatic carbocycles. The first kappa shape index (κ1) is 53.0. The molecule has 0 amide bonds. The zero-order valence-corrected chi connectivity index (χ0v) is 36.4. The second-order valence-corrected chi connectivity index (χ2v) is 17.1. The average molecular weight is 790 g/mol. The van der Waals surface area contributed by atoms with Gasteiger partial charge in [-0.05, 0) is 12.8 Å². The van der Waals surface area contributed by atoms with Crippen LogP contribution in [0.4, 0.5) is 0 Å². The number of rotatable bonds is 44. The van der Waals surface area contributed by atoms with Crippen LogP contribution >= 0.6 is 7.82 Å². The second kappa shape index (κ2) is 41.6. The van der Waals surface area contributed by atoms with Crippen molar-refractivity contribution >= 4 is 19.8 Å². The smallest absolute Gasteiger partial charge is 0.462 e. The van der Waals surface area contributed by atoms with E-state index in [0.29, 0.717) is 6.42 Å². The monoisotopic (exact) mass is 790 g/mol. The van der Waals surface area contributed by atoms with E-state index in [1.807, 2.05) is 0 Å². The fraction of sp³-hybridized carbons (Fsp3) is 0.955. The predicted octanol–water partition coefficient (Wildman–Crippen LogP) is 13.2. The number of nitrogens with two attached hydrogens (primary N) is 1. The van der Waals surface area contributed by atoms with Crippen molar-refractivity contribution in [2.24, 2.45) is 5.73 Å². The van der Waals surface area contributed by atoms with Gasteiger partial charge in [-0.1, -0.05) is 213 Å². The van der Waals surface area contributed by atoms with Crippen LogP contribution in [0.5, 0.6) is 0 Å². The van der Waals surface area contributed by atoms with Crippen LogP contribution in [0.3, 0.4) is 0 Å². The van der Waals surface area contributed by atoms with Gasteiger partial charge in [0.05, 0.1) is 13.2 Å². The van der Waals surface area contributed by atoms with Crippen LogP contribution in [-0.2, 0) is 32.7 Å². The normalized spacial score (nSPS) is 13.2. The third-order valence-electron chi connectivity index (χ3n) is 10.2. The highest BCUT2D eigenvalue weighted by molar-refractivity contribution is 7.47. The molecule has 0 radical (unpaired) electrons. The number of phosphoric ester groups is 1. The van der Waals surface area contributed by atoms with Crippen molar-refractivity contribution in [1.29, 1.82) is 0 Å². The molecule has 0 aromatic rings. The third kappa shape index (κ3) is 40.7.